The van der Waals surface area contributed by atoms with Crippen LogP contribution in [0.15, 0.2) is 0 Å². The number of morpholine rings is 1. The van der Waals surface area contributed by atoms with Gasteiger partial charge in [0.25, 0.3) is 0 Å². The van der Waals surface area contributed by atoms with Crippen molar-refractivity contribution >= 4 is 23.3 Å². The van der Waals surface area contributed by atoms with E-state index in [0.717, 1.165) is 25.9 Å². The van der Waals surface area contributed by atoms with Gasteiger partial charge in [0.2, 0.25) is 17.6 Å². The van der Waals surface area contributed by atoms with Crippen LogP contribution in [0.4, 0.5) is 23.3 Å². The van der Waals surface area contributed by atoms with Gasteiger partial charge < -0.3 is 20.3 Å². The van der Waals surface area contributed by atoms with Gasteiger partial charge in [-0.1, -0.05) is 0 Å². The van der Waals surface area contributed by atoms with Crippen molar-refractivity contribution in [2.45, 2.75) is 45.3 Å². The van der Waals surface area contributed by atoms with Gasteiger partial charge in [0.1, 0.15) is 0 Å². The Bertz CT molecular complexity index is 609. The number of hydrogen-bond acceptors (Lipinski definition) is 8. The topological polar surface area (TPSA) is 111 Å². The zero-order valence-electron chi connectivity index (χ0n) is 14.1. The molecule has 1 aromatic rings. The molecule has 0 aliphatic carbocycles. The minimum atomic E-state index is -0.491. The maximum Gasteiger partial charge on any atom is 0.353 e. The Labute approximate surface area is 140 Å². The molecule has 1 aromatic heterocycles. The van der Waals surface area contributed by atoms with Gasteiger partial charge in [-0.05, 0) is 33.1 Å². The van der Waals surface area contributed by atoms with Crippen LogP contribution in [0.25, 0.3) is 0 Å². The summed E-state index contributed by atoms with van der Waals surface area (Å²) in [5, 5.41) is 11.5. The molecule has 2 aliphatic heterocycles. The summed E-state index contributed by atoms with van der Waals surface area (Å²) in [4.78, 5) is 23.7. The normalized spacial score (nSPS) is 24.9. The van der Waals surface area contributed by atoms with E-state index >= 15 is 0 Å². The minimum Gasteiger partial charge on any atom is -0.378 e. The summed E-state index contributed by atoms with van der Waals surface area (Å²) in [6, 6.07) is 0. The van der Waals surface area contributed by atoms with Crippen molar-refractivity contribution in [3.8, 4) is 0 Å². The second kappa shape index (κ2) is 6.76. The van der Waals surface area contributed by atoms with Crippen molar-refractivity contribution < 1.29 is 9.66 Å². The van der Waals surface area contributed by atoms with Gasteiger partial charge in [-0.15, -0.1) is 0 Å². The van der Waals surface area contributed by atoms with Crippen LogP contribution in [-0.4, -0.2) is 53.3 Å². The fraction of sp³-hybridized carbons (Fsp3) is 0.733. The average Bonchev–Trinajstić information content (AvgIpc) is 2.53. The fourth-order valence-corrected chi connectivity index (χ4v) is 3.43. The zero-order chi connectivity index (χ0) is 17.3. The van der Waals surface area contributed by atoms with Crippen molar-refractivity contribution in [1.29, 1.82) is 0 Å². The Morgan fingerprint density at radius 3 is 2.33 bits per heavy atom. The van der Waals surface area contributed by atoms with Gasteiger partial charge in [-0.3, -0.25) is 10.1 Å². The standard InChI is InChI=1S/C15H24N6O3/c1-10-8-20(9-11(2)24-10)14-12(21(22)23)13(16)17-15(18-14)19-6-4-3-5-7-19/h10-11H,3-9H2,1-2H3,(H2,16,17,18)/t10-,11+. The lowest BCUT2D eigenvalue weighted by Gasteiger charge is -2.36. The minimum absolute atomic E-state index is 0.0250. The molecule has 2 atom stereocenters. The van der Waals surface area contributed by atoms with E-state index < -0.39 is 4.92 Å². The van der Waals surface area contributed by atoms with E-state index in [-0.39, 0.29) is 23.7 Å². The molecule has 2 fully saturated rings. The summed E-state index contributed by atoms with van der Waals surface area (Å²) >= 11 is 0. The highest BCUT2D eigenvalue weighted by Gasteiger charge is 2.32. The smallest absolute Gasteiger partial charge is 0.353 e. The van der Waals surface area contributed by atoms with E-state index in [9.17, 15) is 10.1 Å². The van der Waals surface area contributed by atoms with Crippen LogP contribution in [-0.2, 0) is 4.74 Å². The Hall–Kier alpha value is -2.16. The van der Waals surface area contributed by atoms with Crippen molar-refractivity contribution in [2.75, 3.05) is 41.7 Å². The highest BCUT2D eigenvalue weighted by molar-refractivity contribution is 5.71. The number of nitrogens with zero attached hydrogens (tertiary/aromatic N) is 5. The fourth-order valence-electron chi connectivity index (χ4n) is 3.43. The molecule has 2 aliphatic rings. The average molecular weight is 336 g/mol. The monoisotopic (exact) mass is 336 g/mol. The largest absolute Gasteiger partial charge is 0.378 e. The highest BCUT2D eigenvalue weighted by Crippen LogP contribution is 2.34. The maximum atomic E-state index is 11.5. The Morgan fingerprint density at radius 1 is 1.12 bits per heavy atom. The maximum absolute atomic E-state index is 11.5. The molecule has 0 spiro atoms. The number of hydrogen-bond donors (Lipinski definition) is 1. The number of rotatable bonds is 3. The summed E-state index contributed by atoms with van der Waals surface area (Å²) in [5.74, 6) is 0.715. The van der Waals surface area contributed by atoms with Crippen molar-refractivity contribution in [2.24, 2.45) is 0 Å². The first-order valence-electron chi connectivity index (χ1n) is 8.43. The van der Waals surface area contributed by atoms with Crippen LogP contribution in [0.3, 0.4) is 0 Å². The molecular formula is C15H24N6O3. The number of piperidine rings is 1. The molecule has 0 amide bonds. The third-order valence-electron chi connectivity index (χ3n) is 4.42. The molecule has 3 rings (SSSR count). The molecular weight excluding hydrogens is 312 g/mol. The first-order chi connectivity index (χ1) is 11.5. The van der Waals surface area contributed by atoms with Crippen LogP contribution in [0, 0.1) is 10.1 Å². The molecule has 0 bridgehead atoms. The Morgan fingerprint density at radius 2 is 1.75 bits per heavy atom. The van der Waals surface area contributed by atoms with Crippen molar-refractivity contribution in [3.05, 3.63) is 10.1 Å². The van der Waals surface area contributed by atoms with E-state index in [1.165, 1.54) is 6.42 Å². The van der Waals surface area contributed by atoms with Crippen LogP contribution in [0.1, 0.15) is 33.1 Å². The first kappa shape index (κ1) is 16.7. The van der Waals surface area contributed by atoms with E-state index in [0.29, 0.717) is 24.9 Å². The van der Waals surface area contributed by atoms with Gasteiger partial charge in [0.05, 0.1) is 17.1 Å². The molecule has 24 heavy (non-hydrogen) atoms. The van der Waals surface area contributed by atoms with E-state index in [2.05, 4.69) is 14.9 Å². The van der Waals surface area contributed by atoms with Gasteiger partial charge in [0.15, 0.2) is 0 Å². The summed E-state index contributed by atoms with van der Waals surface area (Å²) in [5.41, 5.74) is 5.72. The Balaban J connectivity index is 2.00. The van der Waals surface area contributed by atoms with Crippen molar-refractivity contribution in [1.82, 2.24) is 9.97 Å². The van der Waals surface area contributed by atoms with Crippen LogP contribution in [0.2, 0.25) is 0 Å². The van der Waals surface area contributed by atoms with Gasteiger partial charge in [-0.2, -0.15) is 9.97 Å². The number of anilines is 3. The predicted molar refractivity (Wildman–Crippen MR) is 91.4 cm³/mol. The second-order valence-corrected chi connectivity index (χ2v) is 6.55. The summed E-state index contributed by atoms with van der Waals surface area (Å²) < 4.78 is 5.72. The lowest BCUT2D eigenvalue weighted by atomic mass is 10.1. The second-order valence-electron chi connectivity index (χ2n) is 6.55. The quantitative estimate of drug-likeness (QED) is 0.654. The summed E-state index contributed by atoms with van der Waals surface area (Å²) in [7, 11) is 0. The molecule has 9 nitrogen and oxygen atoms in total. The molecule has 0 saturated carbocycles. The lowest BCUT2D eigenvalue weighted by molar-refractivity contribution is -0.383. The molecule has 0 aromatic carbocycles. The molecule has 132 valence electrons. The third-order valence-corrected chi connectivity index (χ3v) is 4.42. The van der Waals surface area contributed by atoms with Crippen LogP contribution >= 0.6 is 0 Å². The number of nitrogens with two attached hydrogens (primary N) is 1. The van der Waals surface area contributed by atoms with Gasteiger partial charge in [0, 0.05) is 26.2 Å². The van der Waals surface area contributed by atoms with Crippen LogP contribution in [0.5, 0.6) is 0 Å². The number of nitro groups is 1. The van der Waals surface area contributed by atoms with Gasteiger partial charge in [-0.25, -0.2) is 0 Å². The Kier molecular flexibility index (Phi) is 4.70. The highest BCUT2D eigenvalue weighted by atomic mass is 16.6. The van der Waals surface area contributed by atoms with Gasteiger partial charge >= 0.3 is 5.69 Å². The summed E-state index contributed by atoms with van der Waals surface area (Å²) in [6.45, 7) is 6.69. The third kappa shape index (κ3) is 3.35. The molecule has 2 saturated heterocycles. The zero-order valence-corrected chi connectivity index (χ0v) is 14.1. The summed E-state index contributed by atoms with van der Waals surface area (Å²) in [6.07, 6.45) is 3.28. The van der Waals surface area contributed by atoms with E-state index in [1.807, 2.05) is 18.7 Å². The number of ether oxygens (including phenoxy) is 1. The number of aromatic nitrogens is 2. The van der Waals surface area contributed by atoms with E-state index in [1.54, 1.807) is 0 Å². The number of nitrogen functional groups attached to an aromatic ring is 1. The molecule has 0 radical (unpaired) electrons. The van der Waals surface area contributed by atoms with Crippen LogP contribution < -0.4 is 15.5 Å². The molecule has 3 heterocycles. The predicted octanol–water partition coefficient (Wildman–Crippen LogP) is 1.57. The lowest BCUT2D eigenvalue weighted by Crippen LogP contribution is -2.46. The SMILES string of the molecule is C[C@@H]1CN(c2nc(N3CCCCC3)nc(N)c2[N+](=O)[O-])C[C@H](C)O1. The van der Waals surface area contributed by atoms with E-state index in [4.69, 9.17) is 10.5 Å². The first-order valence-corrected chi connectivity index (χ1v) is 8.43. The van der Waals surface area contributed by atoms with Crippen molar-refractivity contribution in [3.63, 3.8) is 0 Å². The molecule has 9 heteroatoms. The molecule has 0 unspecified atom stereocenters. The molecule has 2 N–H and O–H groups in total.